The van der Waals surface area contributed by atoms with Crippen LogP contribution in [0.4, 0.5) is 5.69 Å². The third kappa shape index (κ3) is 1.24. The maximum Gasteiger partial charge on any atom is 0.243 e. The summed E-state index contributed by atoms with van der Waals surface area (Å²) in [6.07, 6.45) is 1.73. The first-order chi connectivity index (χ1) is 8.65. The number of likely N-dealkylation sites (N-methyl/N-ethyl adjacent to an activating group) is 1. The molecule has 3 heteroatoms. The number of hydrogen-bond acceptors (Lipinski definition) is 2. The monoisotopic (exact) mass is 238 g/mol. The van der Waals surface area contributed by atoms with Crippen LogP contribution >= 0.6 is 0 Å². The number of pyridine rings is 1. The number of carbonyl (C=O) groups excluding carboxylic acids is 1. The van der Waals surface area contributed by atoms with E-state index in [-0.39, 0.29) is 5.91 Å². The molecule has 18 heavy (non-hydrogen) atoms. The normalized spacial score (nSPS) is 22.1. The maximum absolute atomic E-state index is 12.6. The van der Waals surface area contributed by atoms with Crippen LogP contribution in [0.2, 0.25) is 0 Å². The molecule has 0 saturated heterocycles. The van der Waals surface area contributed by atoms with Crippen LogP contribution in [0.25, 0.3) is 0 Å². The second-order valence-corrected chi connectivity index (χ2v) is 4.72. The highest BCUT2D eigenvalue weighted by molar-refractivity contribution is 6.09. The van der Waals surface area contributed by atoms with Gasteiger partial charge in [-0.2, -0.15) is 0 Å². The van der Waals surface area contributed by atoms with Crippen LogP contribution in [-0.2, 0) is 10.2 Å². The van der Waals surface area contributed by atoms with Crippen molar-refractivity contribution in [1.82, 2.24) is 4.98 Å². The van der Waals surface area contributed by atoms with Gasteiger partial charge < -0.3 is 4.90 Å². The Morgan fingerprint density at radius 3 is 2.56 bits per heavy atom. The second kappa shape index (κ2) is 3.67. The summed E-state index contributed by atoms with van der Waals surface area (Å²) in [4.78, 5) is 18.7. The van der Waals surface area contributed by atoms with Crippen LogP contribution in [0.3, 0.4) is 0 Å². The van der Waals surface area contributed by atoms with Crippen molar-refractivity contribution in [2.75, 3.05) is 11.9 Å². The summed E-state index contributed by atoms with van der Waals surface area (Å²) in [5.41, 5.74) is 2.12. The Hall–Kier alpha value is -2.16. The lowest BCUT2D eigenvalue weighted by Crippen LogP contribution is -2.37. The number of fused-ring (bicyclic) bond motifs is 1. The predicted octanol–water partition coefficient (Wildman–Crippen LogP) is 2.36. The zero-order valence-corrected chi connectivity index (χ0v) is 10.4. The molecule has 2 aromatic rings. The van der Waals surface area contributed by atoms with Crippen LogP contribution < -0.4 is 4.90 Å². The SMILES string of the molecule is CN1C(=O)C(C)(c2ccccn2)c2ccccc21. The van der Waals surface area contributed by atoms with E-state index >= 15 is 0 Å². The van der Waals surface area contributed by atoms with Crippen LogP contribution in [0, 0.1) is 0 Å². The smallest absolute Gasteiger partial charge is 0.243 e. The van der Waals surface area contributed by atoms with Gasteiger partial charge in [0, 0.05) is 18.9 Å². The Bertz CT molecular complexity index is 609. The lowest BCUT2D eigenvalue weighted by molar-refractivity contribution is -0.121. The summed E-state index contributed by atoms with van der Waals surface area (Å²) in [7, 11) is 1.81. The van der Waals surface area contributed by atoms with Gasteiger partial charge in [0.05, 0.1) is 5.69 Å². The number of aromatic nitrogens is 1. The van der Waals surface area contributed by atoms with Crippen molar-refractivity contribution in [3.05, 3.63) is 59.9 Å². The summed E-state index contributed by atoms with van der Waals surface area (Å²) >= 11 is 0. The Balaban J connectivity index is 2.27. The van der Waals surface area contributed by atoms with Gasteiger partial charge in [-0.15, -0.1) is 0 Å². The minimum Gasteiger partial charge on any atom is -0.314 e. The van der Waals surface area contributed by atoms with E-state index in [1.807, 2.05) is 56.4 Å². The number of amides is 1. The third-order valence-corrected chi connectivity index (χ3v) is 3.71. The number of carbonyl (C=O) groups is 1. The van der Waals surface area contributed by atoms with Crippen molar-refractivity contribution in [2.24, 2.45) is 0 Å². The van der Waals surface area contributed by atoms with E-state index in [2.05, 4.69) is 4.98 Å². The first-order valence-corrected chi connectivity index (χ1v) is 5.95. The molecule has 0 spiro atoms. The van der Waals surface area contributed by atoms with E-state index in [0.717, 1.165) is 16.9 Å². The summed E-state index contributed by atoms with van der Waals surface area (Å²) in [6, 6.07) is 13.6. The molecular formula is C15H14N2O. The van der Waals surface area contributed by atoms with Gasteiger partial charge >= 0.3 is 0 Å². The summed E-state index contributed by atoms with van der Waals surface area (Å²) < 4.78 is 0. The van der Waals surface area contributed by atoms with Crippen molar-refractivity contribution < 1.29 is 4.79 Å². The first kappa shape index (κ1) is 11.0. The molecular weight excluding hydrogens is 224 g/mol. The van der Waals surface area contributed by atoms with Gasteiger partial charge in [-0.25, -0.2) is 0 Å². The average molecular weight is 238 g/mol. The van der Waals surface area contributed by atoms with E-state index in [1.54, 1.807) is 11.1 Å². The highest BCUT2D eigenvalue weighted by Crippen LogP contribution is 2.44. The molecule has 1 aliphatic heterocycles. The topological polar surface area (TPSA) is 33.2 Å². The van der Waals surface area contributed by atoms with Crippen molar-refractivity contribution in [3.8, 4) is 0 Å². The largest absolute Gasteiger partial charge is 0.314 e. The van der Waals surface area contributed by atoms with E-state index in [1.165, 1.54) is 0 Å². The van der Waals surface area contributed by atoms with Gasteiger partial charge in [-0.05, 0) is 30.7 Å². The minimum absolute atomic E-state index is 0.0717. The molecule has 1 unspecified atom stereocenters. The Labute approximate surface area is 106 Å². The molecule has 90 valence electrons. The molecule has 0 N–H and O–H groups in total. The molecule has 1 atom stereocenters. The minimum atomic E-state index is -0.674. The van der Waals surface area contributed by atoms with Crippen LogP contribution in [0.5, 0.6) is 0 Å². The molecule has 0 fully saturated rings. The molecule has 0 bridgehead atoms. The first-order valence-electron chi connectivity index (χ1n) is 5.95. The predicted molar refractivity (Wildman–Crippen MR) is 70.5 cm³/mol. The number of anilines is 1. The lowest BCUT2D eigenvalue weighted by Gasteiger charge is -2.22. The number of para-hydroxylation sites is 1. The van der Waals surface area contributed by atoms with Crippen molar-refractivity contribution in [3.63, 3.8) is 0 Å². The molecule has 0 aliphatic carbocycles. The van der Waals surface area contributed by atoms with Gasteiger partial charge in [-0.3, -0.25) is 9.78 Å². The average Bonchev–Trinajstić information content (AvgIpc) is 2.64. The van der Waals surface area contributed by atoms with E-state index in [4.69, 9.17) is 0 Å². The molecule has 0 saturated carbocycles. The van der Waals surface area contributed by atoms with Crippen molar-refractivity contribution in [1.29, 1.82) is 0 Å². The highest BCUT2D eigenvalue weighted by atomic mass is 16.2. The number of benzene rings is 1. The van der Waals surface area contributed by atoms with Gasteiger partial charge in [-0.1, -0.05) is 24.3 Å². The molecule has 1 aromatic heterocycles. The fourth-order valence-electron chi connectivity index (χ4n) is 2.66. The van der Waals surface area contributed by atoms with Gasteiger partial charge in [0.1, 0.15) is 5.41 Å². The fraction of sp³-hybridized carbons (Fsp3) is 0.200. The summed E-state index contributed by atoms with van der Waals surface area (Å²) in [5.74, 6) is 0.0717. The number of rotatable bonds is 1. The standard InChI is InChI=1S/C15H14N2O/c1-15(13-9-5-6-10-16-13)11-7-3-4-8-12(11)17(2)14(15)18/h3-10H,1-2H3. The van der Waals surface area contributed by atoms with Crippen LogP contribution in [0.1, 0.15) is 18.2 Å². The molecule has 0 radical (unpaired) electrons. The second-order valence-electron chi connectivity index (χ2n) is 4.72. The molecule has 3 rings (SSSR count). The van der Waals surface area contributed by atoms with Crippen LogP contribution in [-0.4, -0.2) is 17.9 Å². The maximum atomic E-state index is 12.6. The Morgan fingerprint density at radius 1 is 1.11 bits per heavy atom. The van der Waals surface area contributed by atoms with Crippen molar-refractivity contribution >= 4 is 11.6 Å². The van der Waals surface area contributed by atoms with Crippen LogP contribution in [0.15, 0.2) is 48.7 Å². The van der Waals surface area contributed by atoms with Crippen molar-refractivity contribution in [2.45, 2.75) is 12.3 Å². The number of nitrogens with zero attached hydrogens (tertiary/aromatic N) is 2. The third-order valence-electron chi connectivity index (χ3n) is 3.71. The van der Waals surface area contributed by atoms with E-state index in [0.29, 0.717) is 0 Å². The Morgan fingerprint density at radius 2 is 1.83 bits per heavy atom. The zero-order valence-electron chi connectivity index (χ0n) is 10.4. The molecule has 2 heterocycles. The zero-order chi connectivity index (χ0) is 12.8. The van der Waals surface area contributed by atoms with Gasteiger partial charge in [0.25, 0.3) is 0 Å². The molecule has 3 nitrogen and oxygen atoms in total. The number of hydrogen-bond donors (Lipinski definition) is 0. The van der Waals surface area contributed by atoms with E-state index < -0.39 is 5.41 Å². The lowest BCUT2D eigenvalue weighted by atomic mass is 9.80. The summed E-state index contributed by atoms with van der Waals surface area (Å²) in [6.45, 7) is 1.94. The molecule has 1 aliphatic rings. The quantitative estimate of drug-likeness (QED) is 0.764. The highest BCUT2D eigenvalue weighted by Gasteiger charge is 2.47. The molecule has 1 amide bonds. The van der Waals surface area contributed by atoms with Gasteiger partial charge in [0.15, 0.2) is 0 Å². The summed E-state index contributed by atoms with van der Waals surface area (Å²) in [5, 5.41) is 0. The Kier molecular flexibility index (Phi) is 2.23. The molecule has 1 aromatic carbocycles. The van der Waals surface area contributed by atoms with Gasteiger partial charge in [0.2, 0.25) is 5.91 Å². The van der Waals surface area contributed by atoms with E-state index in [9.17, 15) is 4.79 Å². The fourth-order valence-corrected chi connectivity index (χ4v) is 2.66.